The second-order valence-corrected chi connectivity index (χ2v) is 5.86. The Bertz CT molecular complexity index is 480. The number of hydrogen-bond acceptors (Lipinski definition) is 3. The Morgan fingerprint density at radius 1 is 1.35 bits per heavy atom. The van der Waals surface area contributed by atoms with Gasteiger partial charge in [-0.25, -0.2) is 4.39 Å². The number of carbonyl (C=O) groups is 1. The maximum atomic E-state index is 13.3. The molecule has 1 rings (SSSR count). The van der Waals surface area contributed by atoms with E-state index in [-0.39, 0.29) is 17.2 Å². The zero-order valence-electron chi connectivity index (χ0n) is 12.5. The third-order valence-electron chi connectivity index (χ3n) is 2.60. The molecular formula is C15H22FNO3. The molecule has 20 heavy (non-hydrogen) atoms. The fourth-order valence-electron chi connectivity index (χ4n) is 1.67. The molecule has 1 aromatic rings. The summed E-state index contributed by atoms with van der Waals surface area (Å²) in [5.41, 5.74) is 0.0748. The van der Waals surface area contributed by atoms with Crippen LogP contribution in [-0.4, -0.2) is 22.7 Å². The summed E-state index contributed by atoms with van der Waals surface area (Å²) in [6.45, 7) is 8.72. The average Bonchev–Trinajstić information content (AvgIpc) is 2.26. The van der Waals surface area contributed by atoms with Gasteiger partial charge in [0, 0.05) is 17.2 Å². The number of aliphatic hydroxyl groups excluding tert-OH is 1. The van der Waals surface area contributed by atoms with Crippen molar-refractivity contribution in [2.24, 2.45) is 0 Å². The summed E-state index contributed by atoms with van der Waals surface area (Å²) in [6, 6.07) is 3.86. The molecule has 112 valence electrons. The van der Waals surface area contributed by atoms with E-state index < -0.39 is 18.0 Å². The van der Waals surface area contributed by atoms with E-state index in [1.807, 2.05) is 20.8 Å². The number of benzene rings is 1. The van der Waals surface area contributed by atoms with Crippen molar-refractivity contribution in [3.8, 4) is 5.75 Å². The standard InChI is InChI=1S/C15H22FNO3/c1-9(18)12-7-6-11(16)8-13(12)20-10(2)14(19)17-15(3,4)5/h6-10,18H,1-5H3,(H,17,19)/t9-,10?/m0/s1. The Morgan fingerprint density at radius 3 is 2.45 bits per heavy atom. The van der Waals surface area contributed by atoms with Crippen LogP contribution in [0.5, 0.6) is 5.75 Å². The van der Waals surface area contributed by atoms with Crippen LogP contribution in [0.3, 0.4) is 0 Å². The summed E-state index contributed by atoms with van der Waals surface area (Å²) in [4.78, 5) is 11.9. The number of nitrogens with one attached hydrogen (secondary N) is 1. The number of aliphatic hydroxyl groups is 1. The Morgan fingerprint density at radius 2 is 1.95 bits per heavy atom. The van der Waals surface area contributed by atoms with E-state index in [4.69, 9.17) is 4.74 Å². The first-order chi connectivity index (χ1) is 9.10. The van der Waals surface area contributed by atoms with E-state index in [9.17, 15) is 14.3 Å². The van der Waals surface area contributed by atoms with Gasteiger partial charge in [0.1, 0.15) is 11.6 Å². The predicted octanol–water partition coefficient (Wildman–Crippen LogP) is 2.56. The van der Waals surface area contributed by atoms with Crippen LogP contribution in [0.4, 0.5) is 4.39 Å². The van der Waals surface area contributed by atoms with Gasteiger partial charge in [0.15, 0.2) is 6.10 Å². The van der Waals surface area contributed by atoms with Crippen molar-refractivity contribution in [1.82, 2.24) is 5.32 Å². The molecule has 0 spiro atoms. The Hall–Kier alpha value is -1.62. The first-order valence-electron chi connectivity index (χ1n) is 6.56. The fraction of sp³-hybridized carbons (Fsp3) is 0.533. The Labute approximate surface area is 119 Å². The van der Waals surface area contributed by atoms with Gasteiger partial charge in [-0.3, -0.25) is 4.79 Å². The molecule has 0 heterocycles. The molecule has 2 N–H and O–H groups in total. The quantitative estimate of drug-likeness (QED) is 0.893. The first kappa shape index (κ1) is 16.4. The normalized spacial score (nSPS) is 14.6. The predicted molar refractivity (Wildman–Crippen MR) is 75.0 cm³/mol. The van der Waals surface area contributed by atoms with E-state index in [2.05, 4.69) is 5.32 Å². The Balaban J connectivity index is 2.87. The van der Waals surface area contributed by atoms with Gasteiger partial charge in [0.05, 0.1) is 6.10 Å². The summed E-state index contributed by atoms with van der Waals surface area (Å²) in [6.07, 6.45) is -1.59. The van der Waals surface area contributed by atoms with Gasteiger partial charge in [-0.2, -0.15) is 0 Å². The minimum atomic E-state index is -0.802. The lowest BCUT2D eigenvalue weighted by atomic mass is 10.1. The molecule has 0 saturated carbocycles. The second-order valence-electron chi connectivity index (χ2n) is 5.86. The molecule has 4 nitrogen and oxygen atoms in total. The Kier molecular flexibility index (Phi) is 5.11. The van der Waals surface area contributed by atoms with Crippen LogP contribution < -0.4 is 10.1 Å². The minimum Gasteiger partial charge on any atom is -0.480 e. The monoisotopic (exact) mass is 283 g/mol. The highest BCUT2D eigenvalue weighted by Crippen LogP contribution is 2.27. The number of rotatable bonds is 4. The van der Waals surface area contributed by atoms with Gasteiger partial charge in [-0.05, 0) is 46.8 Å². The maximum Gasteiger partial charge on any atom is 0.261 e. The van der Waals surface area contributed by atoms with Crippen LogP contribution in [-0.2, 0) is 4.79 Å². The van der Waals surface area contributed by atoms with E-state index in [0.717, 1.165) is 0 Å². The number of halogens is 1. The highest BCUT2D eigenvalue weighted by molar-refractivity contribution is 5.81. The molecule has 0 saturated heterocycles. The van der Waals surface area contributed by atoms with Crippen LogP contribution in [0.25, 0.3) is 0 Å². The van der Waals surface area contributed by atoms with Crippen molar-refractivity contribution in [2.75, 3.05) is 0 Å². The van der Waals surface area contributed by atoms with Gasteiger partial charge in [0.25, 0.3) is 5.91 Å². The molecule has 2 atom stereocenters. The van der Waals surface area contributed by atoms with Gasteiger partial charge in [-0.1, -0.05) is 0 Å². The van der Waals surface area contributed by atoms with Gasteiger partial charge < -0.3 is 15.2 Å². The van der Waals surface area contributed by atoms with Crippen LogP contribution in [0.1, 0.15) is 46.3 Å². The summed E-state index contributed by atoms with van der Waals surface area (Å²) >= 11 is 0. The molecule has 1 aromatic carbocycles. The lowest BCUT2D eigenvalue weighted by Crippen LogP contribution is -2.46. The topological polar surface area (TPSA) is 58.6 Å². The zero-order chi connectivity index (χ0) is 15.5. The van der Waals surface area contributed by atoms with Crippen molar-refractivity contribution in [3.05, 3.63) is 29.6 Å². The second kappa shape index (κ2) is 6.22. The molecule has 0 aliphatic carbocycles. The molecule has 0 aliphatic heterocycles. The molecule has 0 aliphatic rings. The summed E-state index contributed by atoms with van der Waals surface area (Å²) < 4.78 is 18.8. The summed E-state index contributed by atoms with van der Waals surface area (Å²) in [5.74, 6) is -0.595. The lowest BCUT2D eigenvalue weighted by molar-refractivity contribution is -0.128. The minimum absolute atomic E-state index is 0.177. The van der Waals surface area contributed by atoms with Gasteiger partial charge in [0.2, 0.25) is 0 Å². The maximum absolute atomic E-state index is 13.3. The van der Waals surface area contributed by atoms with Crippen molar-refractivity contribution in [3.63, 3.8) is 0 Å². The smallest absolute Gasteiger partial charge is 0.261 e. The van der Waals surface area contributed by atoms with E-state index in [1.54, 1.807) is 13.8 Å². The molecular weight excluding hydrogens is 261 g/mol. The van der Waals surface area contributed by atoms with Crippen molar-refractivity contribution < 1.29 is 19.0 Å². The van der Waals surface area contributed by atoms with Crippen molar-refractivity contribution in [2.45, 2.75) is 52.4 Å². The molecule has 1 amide bonds. The lowest BCUT2D eigenvalue weighted by Gasteiger charge is -2.24. The molecule has 0 aromatic heterocycles. The highest BCUT2D eigenvalue weighted by Gasteiger charge is 2.22. The molecule has 5 heteroatoms. The van der Waals surface area contributed by atoms with Gasteiger partial charge in [-0.15, -0.1) is 0 Å². The average molecular weight is 283 g/mol. The number of amides is 1. The van der Waals surface area contributed by atoms with E-state index >= 15 is 0 Å². The molecule has 0 bridgehead atoms. The van der Waals surface area contributed by atoms with Gasteiger partial charge >= 0.3 is 0 Å². The van der Waals surface area contributed by atoms with Crippen LogP contribution in [0.2, 0.25) is 0 Å². The zero-order valence-corrected chi connectivity index (χ0v) is 12.5. The third-order valence-corrected chi connectivity index (χ3v) is 2.60. The molecule has 1 unspecified atom stereocenters. The van der Waals surface area contributed by atoms with Crippen molar-refractivity contribution in [1.29, 1.82) is 0 Å². The first-order valence-corrected chi connectivity index (χ1v) is 6.56. The third kappa shape index (κ3) is 4.81. The summed E-state index contributed by atoms with van der Waals surface area (Å²) in [7, 11) is 0. The van der Waals surface area contributed by atoms with Crippen LogP contribution in [0, 0.1) is 5.82 Å². The van der Waals surface area contributed by atoms with E-state index in [0.29, 0.717) is 5.56 Å². The summed E-state index contributed by atoms with van der Waals surface area (Å²) in [5, 5.41) is 12.4. The SMILES string of the molecule is CC(Oc1cc(F)ccc1[C@H](C)O)C(=O)NC(C)(C)C. The van der Waals surface area contributed by atoms with Crippen LogP contribution in [0.15, 0.2) is 18.2 Å². The number of hydrogen-bond donors (Lipinski definition) is 2. The largest absolute Gasteiger partial charge is 0.480 e. The molecule has 0 fully saturated rings. The highest BCUT2D eigenvalue weighted by atomic mass is 19.1. The van der Waals surface area contributed by atoms with E-state index in [1.165, 1.54) is 18.2 Å². The van der Waals surface area contributed by atoms with Crippen LogP contribution >= 0.6 is 0 Å². The van der Waals surface area contributed by atoms with Crippen molar-refractivity contribution >= 4 is 5.91 Å². The fourth-order valence-corrected chi connectivity index (χ4v) is 1.67. The molecule has 0 radical (unpaired) electrons. The number of carbonyl (C=O) groups excluding carboxylic acids is 1. The number of ether oxygens (including phenoxy) is 1.